The molecule has 1 atom stereocenters. The average Bonchev–Trinajstić information content (AvgIpc) is 3.24. The van der Waals surface area contributed by atoms with Crippen molar-refractivity contribution in [2.75, 3.05) is 26.8 Å². The summed E-state index contributed by atoms with van der Waals surface area (Å²) in [5.41, 5.74) is 1.19. The number of rotatable bonds is 4. The normalized spacial score (nSPS) is 18.4. The van der Waals surface area contributed by atoms with Crippen LogP contribution in [0.2, 0.25) is 0 Å². The van der Waals surface area contributed by atoms with Gasteiger partial charge in [-0.3, -0.25) is 14.4 Å². The van der Waals surface area contributed by atoms with Crippen molar-refractivity contribution in [3.05, 3.63) is 63.1 Å². The summed E-state index contributed by atoms with van der Waals surface area (Å²) in [4.78, 5) is 48.5. The Morgan fingerprint density at radius 1 is 1.27 bits per heavy atom. The van der Waals surface area contributed by atoms with Crippen LogP contribution < -0.4 is 5.56 Å². The van der Waals surface area contributed by atoms with Crippen LogP contribution in [0.5, 0.6) is 0 Å². The summed E-state index contributed by atoms with van der Waals surface area (Å²) in [6.07, 6.45) is 2.01. The minimum Gasteiger partial charge on any atom is -0.375 e. The number of hydrogen-bond donors (Lipinski definition) is 1. The minimum atomic E-state index is -0.409. The average molecular weight is 414 g/mol. The topological polar surface area (TPSA) is 95.6 Å². The summed E-state index contributed by atoms with van der Waals surface area (Å²) >= 11 is 0. The summed E-state index contributed by atoms with van der Waals surface area (Å²) < 4.78 is 18.1. The highest BCUT2D eigenvalue weighted by Gasteiger charge is 2.33. The number of aromatic nitrogens is 2. The second-order valence-corrected chi connectivity index (χ2v) is 7.54. The number of amides is 2. The Hall–Kier alpha value is -3.07. The Balaban J connectivity index is 1.55. The van der Waals surface area contributed by atoms with Gasteiger partial charge in [0.05, 0.1) is 23.8 Å². The quantitative estimate of drug-likeness (QED) is 0.816. The lowest BCUT2D eigenvalue weighted by molar-refractivity contribution is -0.136. The summed E-state index contributed by atoms with van der Waals surface area (Å²) in [7, 11) is 1.47. The molecule has 1 N–H and O–H groups in total. The molecule has 2 aliphatic heterocycles. The third-order valence-electron chi connectivity index (χ3n) is 5.62. The number of methoxy groups -OCH3 is 1. The van der Waals surface area contributed by atoms with Crippen LogP contribution in [0.3, 0.4) is 0 Å². The van der Waals surface area contributed by atoms with Crippen LogP contribution >= 0.6 is 0 Å². The molecule has 1 fully saturated rings. The zero-order chi connectivity index (χ0) is 21.3. The number of nitrogens with zero attached hydrogens (tertiary/aromatic N) is 3. The maximum atomic E-state index is 13.1. The number of hydrogen-bond acceptors (Lipinski definition) is 5. The van der Waals surface area contributed by atoms with Gasteiger partial charge in [-0.15, -0.1) is 0 Å². The third-order valence-corrected chi connectivity index (χ3v) is 5.62. The molecule has 1 aromatic heterocycles. The summed E-state index contributed by atoms with van der Waals surface area (Å²) in [5, 5.41) is 0. The number of nitrogens with one attached hydrogen (secondary N) is 1. The van der Waals surface area contributed by atoms with E-state index in [1.54, 1.807) is 9.80 Å². The Kier molecular flexibility index (Phi) is 5.63. The number of ether oxygens (including phenoxy) is 1. The number of benzene rings is 1. The standard InChI is InChI=1S/C21H23FN4O4/c1-30-12-18(27)26-9-2-3-17(26)19-23-16-8-10-25(11-15(16)20(28)24-19)21(29)13-4-6-14(22)7-5-13/h4-7,17H,2-3,8-12H2,1H3,(H,23,24,28)/t17-/m1/s1. The molecule has 9 heteroatoms. The lowest BCUT2D eigenvalue weighted by Crippen LogP contribution is -2.41. The fraction of sp³-hybridized carbons (Fsp3) is 0.429. The third kappa shape index (κ3) is 3.85. The fourth-order valence-corrected chi connectivity index (χ4v) is 4.11. The van der Waals surface area contributed by atoms with E-state index in [0.717, 1.165) is 12.8 Å². The van der Waals surface area contributed by atoms with E-state index in [-0.39, 0.29) is 36.6 Å². The molecule has 1 saturated heterocycles. The van der Waals surface area contributed by atoms with Crippen molar-refractivity contribution in [1.82, 2.24) is 19.8 Å². The number of likely N-dealkylation sites (tertiary alicyclic amines) is 1. The highest BCUT2D eigenvalue weighted by atomic mass is 19.1. The molecule has 0 bridgehead atoms. The molecule has 8 nitrogen and oxygen atoms in total. The van der Waals surface area contributed by atoms with Crippen LogP contribution in [0.25, 0.3) is 0 Å². The largest absolute Gasteiger partial charge is 0.375 e. The van der Waals surface area contributed by atoms with Crippen molar-refractivity contribution in [3.8, 4) is 0 Å². The van der Waals surface area contributed by atoms with E-state index in [4.69, 9.17) is 4.74 Å². The molecule has 2 aliphatic rings. The Bertz CT molecular complexity index is 1020. The van der Waals surface area contributed by atoms with E-state index in [9.17, 15) is 18.8 Å². The van der Waals surface area contributed by atoms with E-state index in [1.807, 2.05) is 0 Å². The first-order valence-corrected chi connectivity index (χ1v) is 9.93. The first kappa shape index (κ1) is 20.2. The molecular weight excluding hydrogens is 391 g/mol. The van der Waals surface area contributed by atoms with Crippen molar-refractivity contribution < 1.29 is 18.7 Å². The number of carbonyl (C=O) groups is 2. The molecule has 0 radical (unpaired) electrons. The van der Waals surface area contributed by atoms with Crippen molar-refractivity contribution in [2.24, 2.45) is 0 Å². The van der Waals surface area contributed by atoms with Crippen LogP contribution in [0.15, 0.2) is 29.1 Å². The maximum Gasteiger partial charge on any atom is 0.256 e. The monoisotopic (exact) mass is 414 g/mol. The second-order valence-electron chi connectivity index (χ2n) is 7.54. The van der Waals surface area contributed by atoms with Gasteiger partial charge >= 0.3 is 0 Å². The Morgan fingerprint density at radius 3 is 2.77 bits per heavy atom. The SMILES string of the molecule is COCC(=O)N1CCC[C@@H]1c1nc2c(c(=O)[nH]1)CN(C(=O)c1ccc(F)cc1)CC2. The van der Waals surface area contributed by atoms with Gasteiger partial charge in [0.2, 0.25) is 5.91 Å². The zero-order valence-corrected chi connectivity index (χ0v) is 16.7. The molecular formula is C21H23FN4O4. The molecule has 0 aliphatic carbocycles. The lowest BCUT2D eigenvalue weighted by Gasteiger charge is -2.29. The van der Waals surface area contributed by atoms with Crippen LogP contribution in [0.1, 0.15) is 46.3 Å². The smallest absolute Gasteiger partial charge is 0.256 e. The van der Waals surface area contributed by atoms with Gasteiger partial charge in [-0.05, 0) is 37.1 Å². The molecule has 158 valence electrons. The summed E-state index contributed by atoms with van der Waals surface area (Å²) in [5.74, 6) is -0.305. The van der Waals surface area contributed by atoms with Crippen LogP contribution in [0.4, 0.5) is 4.39 Å². The van der Waals surface area contributed by atoms with Crippen LogP contribution in [-0.2, 0) is 22.5 Å². The molecule has 1 aromatic carbocycles. The summed E-state index contributed by atoms with van der Waals surface area (Å²) in [6.45, 7) is 1.15. The predicted octanol–water partition coefficient (Wildman–Crippen LogP) is 1.42. The highest BCUT2D eigenvalue weighted by Crippen LogP contribution is 2.30. The van der Waals surface area contributed by atoms with Crippen LogP contribution in [-0.4, -0.2) is 58.4 Å². The van der Waals surface area contributed by atoms with E-state index in [1.165, 1.54) is 31.4 Å². The van der Waals surface area contributed by atoms with Crippen molar-refractivity contribution >= 4 is 11.8 Å². The van der Waals surface area contributed by atoms with Gasteiger partial charge in [0.1, 0.15) is 18.2 Å². The number of halogens is 1. The molecule has 2 aromatic rings. The molecule has 0 saturated carbocycles. The van der Waals surface area contributed by atoms with E-state index in [2.05, 4.69) is 9.97 Å². The second kappa shape index (κ2) is 8.35. The van der Waals surface area contributed by atoms with Gasteiger partial charge in [0.15, 0.2) is 0 Å². The van der Waals surface area contributed by atoms with Gasteiger partial charge in [-0.25, -0.2) is 9.37 Å². The van der Waals surface area contributed by atoms with E-state index >= 15 is 0 Å². The van der Waals surface area contributed by atoms with Gasteiger partial charge in [0, 0.05) is 32.2 Å². The number of H-pyrrole nitrogens is 1. The Labute approximate surface area is 172 Å². The molecule has 4 rings (SSSR count). The van der Waals surface area contributed by atoms with Gasteiger partial charge in [-0.2, -0.15) is 0 Å². The van der Waals surface area contributed by atoms with Crippen LogP contribution in [0, 0.1) is 5.82 Å². The first-order chi connectivity index (χ1) is 14.5. The number of fused-ring (bicyclic) bond motifs is 1. The van der Waals surface area contributed by atoms with Crippen molar-refractivity contribution in [2.45, 2.75) is 31.8 Å². The van der Waals surface area contributed by atoms with Gasteiger partial charge in [-0.1, -0.05) is 0 Å². The summed E-state index contributed by atoms with van der Waals surface area (Å²) in [6, 6.07) is 5.08. The lowest BCUT2D eigenvalue weighted by atomic mass is 10.0. The number of aromatic amines is 1. The van der Waals surface area contributed by atoms with Gasteiger partial charge < -0.3 is 19.5 Å². The Morgan fingerprint density at radius 2 is 2.03 bits per heavy atom. The van der Waals surface area contributed by atoms with E-state index < -0.39 is 5.82 Å². The fourth-order valence-electron chi connectivity index (χ4n) is 4.11. The predicted molar refractivity (Wildman–Crippen MR) is 105 cm³/mol. The molecule has 3 heterocycles. The van der Waals surface area contributed by atoms with Crippen molar-refractivity contribution in [1.29, 1.82) is 0 Å². The van der Waals surface area contributed by atoms with E-state index in [0.29, 0.717) is 42.2 Å². The van der Waals surface area contributed by atoms with Crippen molar-refractivity contribution in [3.63, 3.8) is 0 Å². The van der Waals surface area contributed by atoms with Gasteiger partial charge in [0.25, 0.3) is 11.5 Å². The number of carbonyl (C=O) groups excluding carboxylic acids is 2. The molecule has 2 amide bonds. The zero-order valence-electron chi connectivity index (χ0n) is 16.7. The molecule has 0 unspecified atom stereocenters. The minimum absolute atomic E-state index is 0.00781. The highest BCUT2D eigenvalue weighted by molar-refractivity contribution is 5.94. The maximum absolute atomic E-state index is 13.1. The molecule has 30 heavy (non-hydrogen) atoms. The molecule has 0 spiro atoms. The first-order valence-electron chi connectivity index (χ1n) is 9.93.